The van der Waals surface area contributed by atoms with E-state index in [1.807, 2.05) is 0 Å². The summed E-state index contributed by atoms with van der Waals surface area (Å²) in [5.41, 5.74) is 0. The van der Waals surface area contributed by atoms with Gasteiger partial charge in [0.1, 0.15) is 0 Å². The first-order valence-electron chi connectivity index (χ1n) is 2.41. The molecule has 1 unspecified atom stereocenters. The Morgan fingerprint density at radius 2 is 2.44 bits per heavy atom. The number of rotatable bonds is 1. The number of ketones is 1. The average molecular weight is 127 g/mol. The lowest BCUT2D eigenvalue weighted by Gasteiger charge is -1.99. The second-order valence-corrected chi connectivity index (χ2v) is 1.67. The topological polar surface area (TPSA) is 66.4 Å². The van der Waals surface area contributed by atoms with Crippen molar-refractivity contribution in [1.82, 2.24) is 5.32 Å². The highest BCUT2D eigenvalue weighted by Gasteiger charge is 2.25. The summed E-state index contributed by atoms with van der Waals surface area (Å²) in [5, 5.41) is 10.6. The Morgan fingerprint density at radius 1 is 1.78 bits per heavy atom. The summed E-state index contributed by atoms with van der Waals surface area (Å²) < 4.78 is 0. The molecule has 1 atom stereocenters. The zero-order chi connectivity index (χ0) is 6.85. The van der Waals surface area contributed by atoms with Crippen molar-refractivity contribution in [2.24, 2.45) is 0 Å². The van der Waals surface area contributed by atoms with Crippen molar-refractivity contribution in [3.8, 4) is 0 Å². The van der Waals surface area contributed by atoms with E-state index < -0.39 is 17.8 Å². The van der Waals surface area contributed by atoms with Crippen LogP contribution in [0, 0.1) is 0 Å². The lowest BCUT2D eigenvalue weighted by Crippen LogP contribution is -2.35. The zero-order valence-corrected chi connectivity index (χ0v) is 4.50. The molecular formula is C5H5NO3. The summed E-state index contributed by atoms with van der Waals surface area (Å²) >= 11 is 0. The summed E-state index contributed by atoms with van der Waals surface area (Å²) in [6, 6.07) is -1.05. The number of carbonyl (C=O) groups excluding carboxylic acids is 1. The fraction of sp³-hybridized carbons (Fsp3) is 0.200. The van der Waals surface area contributed by atoms with Gasteiger partial charge >= 0.3 is 5.97 Å². The number of nitrogens with one attached hydrogen (secondary N) is 1. The number of carboxylic acid groups (broad SMARTS) is 1. The second-order valence-electron chi connectivity index (χ2n) is 1.67. The molecule has 0 fully saturated rings. The third-order valence-electron chi connectivity index (χ3n) is 1.04. The van der Waals surface area contributed by atoms with E-state index in [-0.39, 0.29) is 0 Å². The van der Waals surface area contributed by atoms with Crippen LogP contribution in [0.15, 0.2) is 12.3 Å². The van der Waals surface area contributed by atoms with E-state index in [2.05, 4.69) is 5.32 Å². The lowest BCUT2D eigenvalue weighted by atomic mass is 10.2. The van der Waals surface area contributed by atoms with E-state index in [1.165, 1.54) is 12.3 Å². The summed E-state index contributed by atoms with van der Waals surface area (Å²) in [5.74, 6) is -1.53. The number of hydrogen-bond donors (Lipinski definition) is 2. The fourth-order valence-corrected chi connectivity index (χ4v) is 0.598. The Bertz CT molecular complexity index is 185. The third-order valence-corrected chi connectivity index (χ3v) is 1.04. The molecule has 1 heterocycles. The Labute approximate surface area is 51.2 Å². The van der Waals surface area contributed by atoms with Crippen LogP contribution in [0.2, 0.25) is 0 Å². The molecule has 0 bridgehead atoms. The lowest BCUT2D eigenvalue weighted by molar-refractivity contribution is -0.141. The van der Waals surface area contributed by atoms with Crippen molar-refractivity contribution in [2.75, 3.05) is 0 Å². The van der Waals surface area contributed by atoms with Gasteiger partial charge in [0.2, 0.25) is 0 Å². The van der Waals surface area contributed by atoms with Gasteiger partial charge in [0.25, 0.3) is 0 Å². The maximum atomic E-state index is 10.5. The molecule has 1 rings (SSSR count). The molecule has 0 aromatic rings. The molecule has 2 N–H and O–H groups in total. The Morgan fingerprint density at radius 3 is 2.67 bits per heavy atom. The van der Waals surface area contributed by atoms with Gasteiger partial charge in [-0.3, -0.25) is 4.79 Å². The largest absolute Gasteiger partial charge is 0.479 e. The number of hydrogen-bond acceptors (Lipinski definition) is 3. The molecule has 0 spiro atoms. The molecule has 0 aromatic heterocycles. The van der Waals surface area contributed by atoms with Crippen LogP contribution in [0.1, 0.15) is 0 Å². The molecular weight excluding hydrogens is 122 g/mol. The van der Waals surface area contributed by atoms with E-state index in [1.54, 1.807) is 0 Å². The van der Waals surface area contributed by atoms with Crippen LogP contribution >= 0.6 is 0 Å². The molecule has 0 saturated heterocycles. The summed E-state index contributed by atoms with van der Waals surface area (Å²) in [7, 11) is 0. The zero-order valence-electron chi connectivity index (χ0n) is 4.50. The first-order valence-corrected chi connectivity index (χ1v) is 2.41. The molecule has 0 aliphatic carbocycles. The normalized spacial score (nSPS) is 24.0. The van der Waals surface area contributed by atoms with Gasteiger partial charge in [-0.1, -0.05) is 0 Å². The first-order chi connectivity index (χ1) is 4.22. The van der Waals surface area contributed by atoms with Gasteiger partial charge in [-0.15, -0.1) is 0 Å². The number of carboxylic acids is 1. The molecule has 9 heavy (non-hydrogen) atoms. The van der Waals surface area contributed by atoms with E-state index >= 15 is 0 Å². The monoisotopic (exact) mass is 127 g/mol. The first kappa shape index (κ1) is 5.81. The molecule has 0 aromatic carbocycles. The van der Waals surface area contributed by atoms with Crippen LogP contribution in [0.4, 0.5) is 0 Å². The van der Waals surface area contributed by atoms with E-state index in [0.717, 1.165) is 0 Å². The molecule has 1 aliphatic heterocycles. The van der Waals surface area contributed by atoms with Gasteiger partial charge in [0, 0.05) is 6.20 Å². The maximum Gasteiger partial charge on any atom is 0.334 e. The van der Waals surface area contributed by atoms with Crippen LogP contribution in [-0.2, 0) is 9.59 Å². The molecule has 4 nitrogen and oxygen atoms in total. The van der Waals surface area contributed by atoms with Gasteiger partial charge in [-0.2, -0.15) is 0 Å². The summed E-state index contributed by atoms with van der Waals surface area (Å²) in [4.78, 5) is 20.6. The smallest absolute Gasteiger partial charge is 0.334 e. The number of aliphatic carboxylic acids is 1. The highest BCUT2D eigenvalue weighted by molar-refractivity contribution is 6.09. The van der Waals surface area contributed by atoms with Crippen LogP contribution < -0.4 is 5.32 Å². The van der Waals surface area contributed by atoms with E-state index in [0.29, 0.717) is 0 Å². The van der Waals surface area contributed by atoms with Gasteiger partial charge in [0.05, 0.1) is 0 Å². The maximum absolute atomic E-state index is 10.5. The van der Waals surface area contributed by atoms with Crippen LogP contribution in [0.5, 0.6) is 0 Å². The highest BCUT2D eigenvalue weighted by Crippen LogP contribution is 1.95. The average Bonchev–Trinajstić information content (AvgIpc) is 2.13. The Balaban J connectivity index is 2.66. The standard InChI is InChI=1S/C5H5NO3/c7-3-1-2-6-4(3)5(8)9/h1-2,4,6H,(H,8,9). The van der Waals surface area contributed by atoms with Crippen molar-refractivity contribution in [1.29, 1.82) is 0 Å². The highest BCUT2D eigenvalue weighted by atomic mass is 16.4. The van der Waals surface area contributed by atoms with Crippen molar-refractivity contribution < 1.29 is 14.7 Å². The minimum absolute atomic E-state index is 0.400. The van der Waals surface area contributed by atoms with Gasteiger partial charge in [-0.25, -0.2) is 4.79 Å². The van der Waals surface area contributed by atoms with Gasteiger partial charge in [0.15, 0.2) is 11.8 Å². The van der Waals surface area contributed by atoms with Crippen molar-refractivity contribution >= 4 is 11.8 Å². The predicted molar refractivity (Wildman–Crippen MR) is 28.7 cm³/mol. The SMILES string of the molecule is O=C(O)C1NC=CC1=O. The van der Waals surface area contributed by atoms with Gasteiger partial charge in [-0.05, 0) is 6.08 Å². The van der Waals surface area contributed by atoms with Gasteiger partial charge < -0.3 is 10.4 Å². The van der Waals surface area contributed by atoms with Crippen molar-refractivity contribution in [3.63, 3.8) is 0 Å². The van der Waals surface area contributed by atoms with Crippen LogP contribution in [0.3, 0.4) is 0 Å². The fourth-order valence-electron chi connectivity index (χ4n) is 0.598. The minimum Gasteiger partial charge on any atom is -0.479 e. The van der Waals surface area contributed by atoms with Crippen molar-refractivity contribution in [3.05, 3.63) is 12.3 Å². The molecule has 0 radical (unpaired) electrons. The summed E-state index contributed by atoms with van der Waals surface area (Å²) in [6.07, 6.45) is 2.54. The van der Waals surface area contributed by atoms with Crippen LogP contribution in [-0.4, -0.2) is 22.9 Å². The molecule has 48 valence electrons. The minimum atomic E-state index is -1.13. The quantitative estimate of drug-likeness (QED) is 0.449. The molecule has 0 saturated carbocycles. The van der Waals surface area contributed by atoms with Crippen LogP contribution in [0.25, 0.3) is 0 Å². The Kier molecular flexibility index (Phi) is 1.22. The van der Waals surface area contributed by atoms with E-state index in [4.69, 9.17) is 5.11 Å². The number of carbonyl (C=O) groups is 2. The molecule has 0 amide bonds. The van der Waals surface area contributed by atoms with E-state index in [9.17, 15) is 9.59 Å². The summed E-state index contributed by atoms with van der Waals surface area (Å²) in [6.45, 7) is 0. The molecule has 1 aliphatic rings. The second kappa shape index (κ2) is 1.89. The third kappa shape index (κ3) is 0.910. The molecule has 4 heteroatoms. The predicted octanol–water partition coefficient (Wildman–Crippen LogP) is -0.874. The Hall–Kier alpha value is -1.32. The van der Waals surface area contributed by atoms with Crippen molar-refractivity contribution in [2.45, 2.75) is 6.04 Å².